The van der Waals surface area contributed by atoms with Crippen molar-refractivity contribution in [3.05, 3.63) is 52.5 Å². The van der Waals surface area contributed by atoms with Gasteiger partial charge in [0.1, 0.15) is 5.75 Å². The second kappa shape index (κ2) is 8.06. The number of rotatable bonds is 5. The van der Waals surface area contributed by atoms with Crippen molar-refractivity contribution in [2.24, 2.45) is 10.2 Å². The van der Waals surface area contributed by atoms with Crippen LogP contribution in [0.2, 0.25) is 0 Å². The van der Waals surface area contributed by atoms with Crippen molar-refractivity contribution in [2.75, 3.05) is 6.61 Å². The van der Waals surface area contributed by atoms with E-state index >= 15 is 0 Å². The van der Waals surface area contributed by atoms with Crippen LogP contribution in [0.3, 0.4) is 0 Å². The summed E-state index contributed by atoms with van der Waals surface area (Å²) in [4.78, 5) is 12.0. The van der Waals surface area contributed by atoms with Gasteiger partial charge in [-0.3, -0.25) is 9.36 Å². The van der Waals surface area contributed by atoms with Gasteiger partial charge in [0.05, 0.1) is 12.1 Å². The number of benzene rings is 2. The number of amides is 1. The molecule has 0 spiro atoms. The summed E-state index contributed by atoms with van der Waals surface area (Å²) < 4.78 is 7.75. The molecule has 3 rings (SSSR count). The first-order valence-electron chi connectivity index (χ1n) is 8.08. The number of hydrogen-bond acceptors (Lipinski definition) is 4. The number of aromatic hydroxyl groups is 1. The number of fused-ring (bicyclic) bond motifs is 1. The Balaban J connectivity index is 1.83. The fourth-order valence-corrected chi connectivity index (χ4v) is 2.99. The summed E-state index contributed by atoms with van der Waals surface area (Å²) in [5, 5.41) is 18.7. The number of aryl methyl sites for hydroxylation is 1. The summed E-state index contributed by atoms with van der Waals surface area (Å²) in [7, 11) is 0. The molecule has 1 amide bonds. The highest BCUT2D eigenvalue weighted by Crippen LogP contribution is 2.39. The van der Waals surface area contributed by atoms with Gasteiger partial charge in [0.25, 0.3) is 0 Å². The van der Waals surface area contributed by atoms with Gasteiger partial charge in [-0.05, 0) is 42.8 Å². The maximum atomic E-state index is 12.0. The summed E-state index contributed by atoms with van der Waals surface area (Å²) in [5.41, 5.74) is 1.91. The molecule has 6 nitrogen and oxygen atoms in total. The van der Waals surface area contributed by atoms with E-state index in [-0.39, 0.29) is 24.7 Å². The fraction of sp³-hybridized carbons (Fsp3) is 0.150. The lowest BCUT2D eigenvalue weighted by Gasteiger charge is -2.03. The number of terminal acetylenes is 1. The summed E-state index contributed by atoms with van der Waals surface area (Å²) in [5.74, 6) is 2.36. The lowest BCUT2D eigenvalue weighted by Crippen LogP contribution is -2.07. The maximum absolute atomic E-state index is 12.0. The van der Waals surface area contributed by atoms with Crippen LogP contribution >= 0.6 is 15.9 Å². The third kappa shape index (κ3) is 4.18. The van der Waals surface area contributed by atoms with E-state index in [2.05, 4.69) is 32.1 Å². The SMILES string of the molecule is C#CCn1c(O)c(N=NC(=O)COc2cccc(C)c2)c2cc(Br)ccc21. The standard InChI is InChI=1S/C20H16BrN3O3/c1-3-9-24-17-8-7-14(21)11-16(17)19(20(24)26)23-22-18(25)12-27-15-6-4-5-13(2)10-15/h1,4-8,10-11,26H,9,12H2,2H3. The van der Waals surface area contributed by atoms with Crippen molar-refractivity contribution in [1.82, 2.24) is 4.57 Å². The molecule has 0 unspecified atom stereocenters. The van der Waals surface area contributed by atoms with Crippen LogP contribution < -0.4 is 4.74 Å². The van der Waals surface area contributed by atoms with Crippen LogP contribution in [0, 0.1) is 19.3 Å². The Hall–Kier alpha value is -3.11. The molecule has 0 fully saturated rings. The average molecular weight is 426 g/mol. The molecule has 3 aromatic rings. The number of ether oxygens (including phenoxy) is 1. The Bertz CT molecular complexity index is 1080. The minimum absolute atomic E-state index is 0.141. The Labute approximate surface area is 164 Å². The summed E-state index contributed by atoms with van der Waals surface area (Å²) in [6.07, 6.45) is 5.37. The number of nitrogens with zero attached hydrogens (tertiary/aromatic N) is 3. The van der Waals surface area contributed by atoms with E-state index in [1.807, 2.05) is 31.2 Å². The highest BCUT2D eigenvalue weighted by atomic mass is 79.9. The molecule has 0 aliphatic rings. The first-order chi connectivity index (χ1) is 13.0. The second-order valence-electron chi connectivity index (χ2n) is 5.82. The minimum atomic E-state index is -0.566. The molecule has 0 atom stereocenters. The minimum Gasteiger partial charge on any atom is -0.493 e. The van der Waals surface area contributed by atoms with Gasteiger partial charge in [0.2, 0.25) is 5.88 Å². The molecule has 1 N–H and O–H groups in total. The summed E-state index contributed by atoms with van der Waals surface area (Å²) in [6, 6.07) is 12.8. The van der Waals surface area contributed by atoms with E-state index in [1.54, 1.807) is 18.2 Å². The molecule has 0 saturated heterocycles. The van der Waals surface area contributed by atoms with Crippen molar-refractivity contribution in [1.29, 1.82) is 0 Å². The van der Waals surface area contributed by atoms with Gasteiger partial charge in [-0.15, -0.1) is 16.7 Å². The zero-order valence-corrected chi connectivity index (χ0v) is 16.1. The van der Waals surface area contributed by atoms with E-state index in [4.69, 9.17) is 11.2 Å². The molecule has 136 valence electrons. The van der Waals surface area contributed by atoms with Crippen molar-refractivity contribution >= 4 is 38.4 Å². The molecule has 1 heterocycles. The van der Waals surface area contributed by atoms with Crippen LogP contribution in [-0.4, -0.2) is 22.2 Å². The fourth-order valence-electron chi connectivity index (χ4n) is 2.63. The van der Waals surface area contributed by atoms with Crippen LogP contribution in [0.15, 0.2) is 57.2 Å². The summed E-state index contributed by atoms with van der Waals surface area (Å²) in [6.45, 7) is 1.85. The molecule has 0 saturated carbocycles. The van der Waals surface area contributed by atoms with E-state index in [0.29, 0.717) is 16.7 Å². The number of hydrogen-bond donors (Lipinski definition) is 1. The molecular weight excluding hydrogens is 410 g/mol. The van der Waals surface area contributed by atoms with Gasteiger partial charge in [-0.25, -0.2) is 0 Å². The molecule has 27 heavy (non-hydrogen) atoms. The van der Waals surface area contributed by atoms with Gasteiger partial charge in [0.15, 0.2) is 12.3 Å². The quantitative estimate of drug-likeness (QED) is 0.473. The number of azo groups is 1. The van der Waals surface area contributed by atoms with Gasteiger partial charge < -0.3 is 9.84 Å². The van der Waals surface area contributed by atoms with Crippen LogP contribution in [0.5, 0.6) is 11.6 Å². The lowest BCUT2D eigenvalue weighted by molar-refractivity contribution is -0.120. The Morgan fingerprint density at radius 3 is 2.89 bits per heavy atom. The van der Waals surface area contributed by atoms with Crippen molar-refractivity contribution in [3.63, 3.8) is 0 Å². The third-order valence-electron chi connectivity index (χ3n) is 3.83. The number of halogens is 1. The summed E-state index contributed by atoms with van der Waals surface area (Å²) >= 11 is 3.39. The Morgan fingerprint density at radius 2 is 2.15 bits per heavy atom. The first kappa shape index (κ1) is 18.7. The predicted octanol–water partition coefficient (Wildman–Crippen LogP) is 4.74. The number of carbonyl (C=O) groups excluding carboxylic acids is 1. The van der Waals surface area contributed by atoms with Crippen molar-refractivity contribution < 1.29 is 14.6 Å². The average Bonchev–Trinajstić information content (AvgIpc) is 2.89. The molecule has 0 radical (unpaired) electrons. The van der Waals surface area contributed by atoms with Crippen LogP contribution in [0.1, 0.15) is 5.56 Å². The first-order valence-corrected chi connectivity index (χ1v) is 8.87. The monoisotopic (exact) mass is 425 g/mol. The molecular formula is C20H16BrN3O3. The number of carbonyl (C=O) groups is 1. The largest absolute Gasteiger partial charge is 0.493 e. The molecule has 2 aromatic carbocycles. The maximum Gasteiger partial charge on any atom is 0.302 e. The van der Waals surface area contributed by atoms with E-state index in [0.717, 1.165) is 10.0 Å². The van der Waals surface area contributed by atoms with E-state index in [9.17, 15) is 9.90 Å². The van der Waals surface area contributed by atoms with E-state index in [1.165, 1.54) is 4.57 Å². The highest BCUT2D eigenvalue weighted by molar-refractivity contribution is 9.10. The van der Waals surface area contributed by atoms with E-state index < -0.39 is 5.91 Å². The topological polar surface area (TPSA) is 76.2 Å². The Kier molecular flexibility index (Phi) is 5.57. The molecule has 0 aliphatic heterocycles. The predicted molar refractivity (Wildman–Crippen MR) is 106 cm³/mol. The zero-order valence-electron chi connectivity index (χ0n) is 14.5. The van der Waals surface area contributed by atoms with Crippen LogP contribution in [0.25, 0.3) is 10.9 Å². The second-order valence-corrected chi connectivity index (χ2v) is 6.74. The van der Waals surface area contributed by atoms with Crippen LogP contribution in [0.4, 0.5) is 5.69 Å². The lowest BCUT2D eigenvalue weighted by atomic mass is 10.2. The zero-order chi connectivity index (χ0) is 19.4. The normalized spacial score (nSPS) is 11.0. The van der Waals surface area contributed by atoms with Crippen LogP contribution in [-0.2, 0) is 11.3 Å². The Morgan fingerprint density at radius 1 is 1.33 bits per heavy atom. The molecule has 0 aliphatic carbocycles. The molecule has 1 aromatic heterocycles. The highest BCUT2D eigenvalue weighted by Gasteiger charge is 2.17. The van der Waals surface area contributed by atoms with Crippen molar-refractivity contribution in [3.8, 4) is 24.0 Å². The number of aromatic nitrogens is 1. The van der Waals surface area contributed by atoms with Gasteiger partial charge >= 0.3 is 5.91 Å². The van der Waals surface area contributed by atoms with Gasteiger partial charge in [-0.2, -0.15) is 0 Å². The molecule has 0 bridgehead atoms. The smallest absolute Gasteiger partial charge is 0.302 e. The third-order valence-corrected chi connectivity index (χ3v) is 4.33. The molecule has 7 heteroatoms. The van der Waals surface area contributed by atoms with Crippen molar-refractivity contribution in [2.45, 2.75) is 13.5 Å². The van der Waals surface area contributed by atoms with Gasteiger partial charge in [-0.1, -0.05) is 34.0 Å². The van der Waals surface area contributed by atoms with Gasteiger partial charge in [0, 0.05) is 9.86 Å².